The minimum absolute atomic E-state index is 0.0833. The van der Waals surface area contributed by atoms with Crippen molar-refractivity contribution in [1.29, 1.82) is 0 Å². The maximum atomic E-state index is 12.2. The third-order valence-corrected chi connectivity index (χ3v) is 7.37. The van der Waals surface area contributed by atoms with Gasteiger partial charge in [0.05, 0.1) is 0 Å². The molecule has 27 heavy (non-hydrogen) atoms. The third kappa shape index (κ3) is 3.40. The number of rotatable bonds is 5. The highest BCUT2D eigenvalue weighted by Gasteiger charge is 2.63. The first-order valence-electron chi connectivity index (χ1n) is 9.23. The summed E-state index contributed by atoms with van der Waals surface area (Å²) in [5.41, 5.74) is 1.22. The average molecular weight is 421 g/mol. The molecule has 1 aliphatic rings. The summed E-state index contributed by atoms with van der Waals surface area (Å²) in [5.74, 6) is -0.379. The number of carbonyl (C=O) groups is 1. The topological polar surface area (TPSA) is 26.3 Å². The van der Waals surface area contributed by atoms with Crippen LogP contribution >= 0.6 is 23.2 Å². The highest BCUT2D eigenvalue weighted by atomic mass is 35.5. The van der Waals surface area contributed by atoms with Crippen molar-refractivity contribution < 1.29 is 9.22 Å². The van der Waals surface area contributed by atoms with E-state index in [1.807, 2.05) is 36.4 Å². The van der Waals surface area contributed by atoms with Gasteiger partial charge < -0.3 is 4.43 Å². The summed E-state index contributed by atoms with van der Waals surface area (Å²) >= 11 is 13.1. The van der Waals surface area contributed by atoms with Crippen molar-refractivity contribution in [3.63, 3.8) is 0 Å². The molecule has 0 aromatic heterocycles. The number of hydrogen-bond donors (Lipinski definition) is 0. The van der Waals surface area contributed by atoms with Gasteiger partial charge in [-0.15, -0.1) is 0 Å². The predicted molar refractivity (Wildman–Crippen MR) is 115 cm³/mol. The van der Waals surface area contributed by atoms with Crippen LogP contribution in [-0.2, 0) is 14.8 Å². The molecular formula is C22H26Cl2O2Si. The van der Waals surface area contributed by atoms with Gasteiger partial charge in [0.15, 0.2) is 10.1 Å². The standard InChI is InChI=1S/C22H26Cl2O2Si/c1-20(2,3)19(17-14-18(25)22(17,23)24)21(26-27,15-10-6-4-7-11-15)16-12-8-5-9-13-16/h4-13,17,19H,14H2,1-3,27H3. The lowest BCUT2D eigenvalue weighted by molar-refractivity contribution is -0.137. The average Bonchev–Trinajstić information content (AvgIpc) is 2.65. The van der Waals surface area contributed by atoms with Crippen LogP contribution in [0.3, 0.4) is 0 Å². The number of benzene rings is 2. The van der Waals surface area contributed by atoms with Gasteiger partial charge in [-0.05, 0) is 16.5 Å². The zero-order chi connectivity index (χ0) is 19.9. The molecule has 2 aromatic carbocycles. The van der Waals surface area contributed by atoms with Crippen LogP contribution in [0.2, 0.25) is 0 Å². The van der Waals surface area contributed by atoms with E-state index in [1.54, 1.807) is 0 Å². The summed E-state index contributed by atoms with van der Waals surface area (Å²) in [7, 11) is 0.528. The largest absolute Gasteiger partial charge is 0.414 e. The second-order valence-corrected chi connectivity index (χ2v) is 10.2. The summed E-state index contributed by atoms with van der Waals surface area (Å²) in [4.78, 5) is 12.2. The normalized spacial score (nSPS) is 20.9. The van der Waals surface area contributed by atoms with E-state index in [0.717, 1.165) is 11.1 Å². The summed E-state index contributed by atoms with van der Waals surface area (Å²) in [6.45, 7) is 6.52. The fraction of sp³-hybridized carbons (Fsp3) is 0.409. The highest BCUT2D eigenvalue weighted by Crippen LogP contribution is 2.60. The molecule has 0 spiro atoms. The van der Waals surface area contributed by atoms with Crippen LogP contribution in [0.1, 0.15) is 38.3 Å². The SMILES string of the molecule is CC(C)(C)C(C1CC(=O)C1(Cl)Cl)C(O[SiH3])(c1ccccc1)c1ccccc1. The molecule has 3 rings (SSSR count). The van der Waals surface area contributed by atoms with E-state index in [9.17, 15) is 4.79 Å². The Hall–Kier alpha value is -1.13. The van der Waals surface area contributed by atoms with E-state index >= 15 is 0 Å². The Kier molecular flexibility index (Phi) is 5.62. The molecule has 0 saturated heterocycles. The molecule has 2 unspecified atom stereocenters. The minimum Gasteiger partial charge on any atom is -0.414 e. The van der Waals surface area contributed by atoms with Crippen molar-refractivity contribution >= 4 is 39.5 Å². The number of hydrogen-bond acceptors (Lipinski definition) is 2. The molecule has 0 radical (unpaired) electrons. The van der Waals surface area contributed by atoms with E-state index in [2.05, 4.69) is 45.0 Å². The van der Waals surface area contributed by atoms with Crippen LogP contribution in [-0.4, -0.2) is 20.6 Å². The molecule has 2 aromatic rings. The van der Waals surface area contributed by atoms with Gasteiger partial charge >= 0.3 is 0 Å². The number of carbonyl (C=O) groups excluding carboxylic acids is 1. The van der Waals surface area contributed by atoms with Gasteiger partial charge in [-0.25, -0.2) is 0 Å². The number of ketones is 1. The molecule has 0 N–H and O–H groups in total. The summed E-state index contributed by atoms with van der Waals surface area (Å²) < 4.78 is 5.13. The van der Waals surface area contributed by atoms with Crippen molar-refractivity contribution in [2.24, 2.45) is 17.3 Å². The number of Topliss-reactive ketones (excluding diaryl/α,β-unsaturated/α-hetero) is 1. The van der Waals surface area contributed by atoms with Crippen LogP contribution in [0.4, 0.5) is 0 Å². The Labute approximate surface area is 174 Å². The van der Waals surface area contributed by atoms with Crippen LogP contribution in [0.25, 0.3) is 0 Å². The van der Waals surface area contributed by atoms with E-state index in [1.165, 1.54) is 0 Å². The molecule has 2 nitrogen and oxygen atoms in total. The lowest BCUT2D eigenvalue weighted by Crippen LogP contribution is -2.60. The maximum Gasteiger partial charge on any atom is 0.179 e. The molecule has 0 bridgehead atoms. The van der Waals surface area contributed by atoms with E-state index in [-0.39, 0.29) is 23.0 Å². The first-order valence-corrected chi connectivity index (χ1v) is 10.8. The van der Waals surface area contributed by atoms with Crippen LogP contribution in [0.5, 0.6) is 0 Å². The predicted octanol–water partition coefficient (Wildman–Crippen LogP) is 4.65. The quantitative estimate of drug-likeness (QED) is 0.519. The van der Waals surface area contributed by atoms with Crippen molar-refractivity contribution in [2.45, 2.75) is 37.1 Å². The van der Waals surface area contributed by atoms with Crippen LogP contribution in [0.15, 0.2) is 60.7 Å². The zero-order valence-electron chi connectivity index (χ0n) is 16.2. The first-order chi connectivity index (χ1) is 12.7. The first kappa shape index (κ1) is 20.6. The lowest BCUT2D eigenvalue weighted by Gasteiger charge is -2.56. The molecule has 1 aliphatic carbocycles. The van der Waals surface area contributed by atoms with Crippen molar-refractivity contribution in [1.82, 2.24) is 0 Å². The van der Waals surface area contributed by atoms with Gasteiger partial charge in [0.25, 0.3) is 0 Å². The van der Waals surface area contributed by atoms with Gasteiger partial charge in [-0.2, -0.15) is 0 Å². The summed E-state index contributed by atoms with van der Waals surface area (Å²) in [5, 5.41) is 0. The second-order valence-electron chi connectivity index (χ2n) is 8.37. The maximum absolute atomic E-state index is 12.2. The van der Waals surface area contributed by atoms with Gasteiger partial charge in [-0.1, -0.05) is 105 Å². The highest BCUT2D eigenvalue weighted by molar-refractivity contribution is 6.60. The Morgan fingerprint density at radius 3 is 1.74 bits per heavy atom. The van der Waals surface area contributed by atoms with E-state index < -0.39 is 9.93 Å². The Bertz CT molecular complexity index is 761. The Morgan fingerprint density at radius 1 is 1.00 bits per heavy atom. The number of alkyl halides is 2. The Morgan fingerprint density at radius 2 is 1.44 bits per heavy atom. The molecular weight excluding hydrogens is 395 g/mol. The smallest absolute Gasteiger partial charge is 0.179 e. The molecule has 1 fully saturated rings. The molecule has 0 aliphatic heterocycles. The zero-order valence-corrected chi connectivity index (χ0v) is 19.7. The third-order valence-electron chi connectivity index (χ3n) is 5.74. The lowest BCUT2D eigenvalue weighted by atomic mass is 9.55. The van der Waals surface area contributed by atoms with Gasteiger partial charge in [0.2, 0.25) is 0 Å². The van der Waals surface area contributed by atoms with Gasteiger partial charge in [-0.3, -0.25) is 4.79 Å². The molecule has 1 saturated carbocycles. The second kappa shape index (κ2) is 7.36. The molecule has 144 valence electrons. The fourth-order valence-corrected chi connectivity index (χ4v) is 5.91. The molecule has 5 heteroatoms. The van der Waals surface area contributed by atoms with Crippen LogP contribution < -0.4 is 0 Å². The summed E-state index contributed by atoms with van der Waals surface area (Å²) in [6, 6.07) is 20.5. The van der Waals surface area contributed by atoms with E-state index in [0.29, 0.717) is 16.9 Å². The van der Waals surface area contributed by atoms with Crippen molar-refractivity contribution in [3.8, 4) is 0 Å². The van der Waals surface area contributed by atoms with Crippen LogP contribution in [0, 0.1) is 17.3 Å². The number of halogens is 2. The van der Waals surface area contributed by atoms with Gasteiger partial charge in [0.1, 0.15) is 16.1 Å². The molecule has 0 amide bonds. The monoisotopic (exact) mass is 420 g/mol. The Balaban J connectivity index is 2.29. The minimum atomic E-state index is -1.37. The van der Waals surface area contributed by atoms with Crippen molar-refractivity contribution in [3.05, 3.63) is 71.8 Å². The van der Waals surface area contributed by atoms with Gasteiger partial charge in [0, 0.05) is 18.3 Å². The summed E-state index contributed by atoms with van der Waals surface area (Å²) in [6.07, 6.45) is 0.376. The van der Waals surface area contributed by atoms with E-state index in [4.69, 9.17) is 27.6 Å². The van der Waals surface area contributed by atoms with Crippen molar-refractivity contribution in [2.75, 3.05) is 0 Å². The molecule has 0 heterocycles. The molecule has 2 atom stereocenters. The fourth-order valence-electron chi connectivity index (χ4n) is 4.62.